The third kappa shape index (κ3) is 2.24. The Balaban J connectivity index is 1.82. The molecular weight excluding hydrogens is 210 g/mol. The van der Waals surface area contributed by atoms with E-state index in [1.165, 1.54) is 31.2 Å². The maximum atomic E-state index is 10.1. The van der Waals surface area contributed by atoms with Gasteiger partial charge in [0.2, 0.25) is 0 Å². The predicted octanol–water partition coefficient (Wildman–Crippen LogP) is 2.78. The fraction of sp³-hybridized carbons (Fsp3) is 0.600. The van der Waals surface area contributed by atoms with Crippen molar-refractivity contribution in [2.24, 2.45) is 0 Å². The molecule has 1 aromatic rings. The zero-order valence-electron chi connectivity index (χ0n) is 10.2. The van der Waals surface area contributed by atoms with E-state index < -0.39 is 0 Å². The van der Waals surface area contributed by atoms with Gasteiger partial charge in [-0.3, -0.25) is 0 Å². The van der Waals surface area contributed by atoms with Crippen molar-refractivity contribution in [1.29, 1.82) is 0 Å². The van der Waals surface area contributed by atoms with Gasteiger partial charge in [0.05, 0.1) is 6.10 Å². The first-order valence-corrected chi connectivity index (χ1v) is 6.78. The van der Waals surface area contributed by atoms with Crippen LogP contribution in [0.25, 0.3) is 0 Å². The van der Waals surface area contributed by atoms with Crippen LogP contribution < -0.4 is 5.32 Å². The molecule has 17 heavy (non-hydrogen) atoms. The Kier molecular flexibility index (Phi) is 2.93. The molecule has 2 N–H and O–H groups in total. The summed E-state index contributed by atoms with van der Waals surface area (Å²) in [4.78, 5) is 0. The zero-order chi connectivity index (χ0) is 11.7. The van der Waals surface area contributed by atoms with E-state index in [1.54, 1.807) is 0 Å². The van der Waals surface area contributed by atoms with Crippen LogP contribution in [0.2, 0.25) is 0 Å². The van der Waals surface area contributed by atoms with Crippen LogP contribution in [-0.4, -0.2) is 16.7 Å². The summed E-state index contributed by atoms with van der Waals surface area (Å²) in [6.07, 6.45) is 6.73. The molecule has 1 aliphatic carbocycles. The number of aliphatic hydroxyl groups excluding tert-OH is 1. The molecule has 2 nitrogen and oxygen atoms in total. The average molecular weight is 231 g/mol. The Morgan fingerprint density at radius 1 is 1.12 bits per heavy atom. The van der Waals surface area contributed by atoms with Crippen LogP contribution >= 0.6 is 0 Å². The summed E-state index contributed by atoms with van der Waals surface area (Å²) in [5, 5.41) is 13.9. The largest absolute Gasteiger partial charge is 0.393 e. The Bertz CT molecular complexity index is 370. The van der Waals surface area contributed by atoms with Crippen LogP contribution in [0.1, 0.15) is 50.1 Å². The van der Waals surface area contributed by atoms with Crippen LogP contribution in [0.15, 0.2) is 30.3 Å². The summed E-state index contributed by atoms with van der Waals surface area (Å²) >= 11 is 0. The highest BCUT2D eigenvalue weighted by Crippen LogP contribution is 2.41. The molecule has 1 aromatic carbocycles. The maximum absolute atomic E-state index is 10.1. The lowest BCUT2D eigenvalue weighted by Crippen LogP contribution is -2.52. The summed E-state index contributed by atoms with van der Waals surface area (Å²) in [5.41, 5.74) is 1.54. The minimum absolute atomic E-state index is 0.139. The third-order valence-corrected chi connectivity index (χ3v) is 4.38. The first kappa shape index (κ1) is 11.2. The lowest BCUT2D eigenvalue weighted by Gasteiger charge is -2.42. The molecule has 0 bridgehead atoms. The smallest absolute Gasteiger partial charge is 0.0576 e. The second-order valence-electron chi connectivity index (χ2n) is 5.69. The van der Waals surface area contributed by atoms with Gasteiger partial charge in [-0.25, -0.2) is 0 Å². The van der Waals surface area contributed by atoms with E-state index in [2.05, 4.69) is 29.6 Å². The molecule has 0 radical (unpaired) electrons. The number of hydrogen-bond acceptors (Lipinski definition) is 2. The highest BCUT2D eigenvalue weighted by atomic mass is 16.3. The fourth-order valence-electron chi connectivity index (χ4n) is 3.60. The molecule has 1 aliphatic heterocycles. The third-order valence-electron chi connectivity index (χ3n) is 4.38. The minimum Gasteiger partial charge on any atom is -0.393 e. The van der Waals surface area contributed by atoms with Gasteiger partial charge in [0.1, 0.15) is 0 Å². The van der Waals surface area contributed by atoms with E-state index in [9.17, 15) is 5.11 Å². The first-order chi connectivity index (χ1) is 8.27. The molecule has 92 valence electrons. The summed E-state index contributed by atoms with van der Waals surface area (Å²) < 4.78 is 0. The highest BCUT2D eigenvalue weighted by molar-refractivity contribution is 5.21. The Morgan fingerprint density at radius 2 is 1.82 bits per heavy atom. The average Bonchev–Trinajstić information content (AvgIpc) is 2.77. The van der Waals surface area contributed by atoms with Gasteiger partial charge in [0, 0.05) is 11.6 Å². The summed E-state index contributed by atoms with van der Waals surface area (Å²) in [5.74, 6) is 0. The van der Waals surface area contributed by atoms with Gasteiger partial charge in [-0.05, 0) is 31.2 Å². The molecule has 1 saturated heterocycles. The van der Waals surface area contributed by atoms with Crippen molar-refractivity contribution in [3.05, 3.63) is 35.9 Å². The standard InChI is InChI=1S/C15H21NO/c17-13-10-14(12-6-2-1-3-7-12)16-15(11-13)8-4-5-9-15/h1-3,6-7,13-14,16-17H,4-5,8-11H2/t13-,14+/m0/s1. The molecule has 0 amide bonds. The van der Waals surface area contributed by atoms with Crippen molar-refractivity contribution in [2.75, 3.05) is 0 Å². The Morgan fingerprint density at radius 3 is 2.53 bits per heavy atom. The molecule has 1 saturated carbocycles. The lowest BCUT2D eigenvalue weighted by atomic mass is 9.81. The van der Waals surface area contributed by atoms with Gasteiger partial charge >= 0.3 is 0 Å². The number of nitrogens with one attached hydrogen (secondary N) is 1. The van der Waals surface area contributed by atoms with Gasteiger partial charge in [0.25, 0.3) is 0 Å². The molecule has 2 heteroatoms. The maximum Gasteiger partial charge on any atom is 0.0576 e. The zero-order valence-corrected chi connectivity index (χ0v) is 10.2. The molecule has 3 rings (SSSR count). The molecule has 0 aromatic heterocycles. The molecule has 1 heterocycles. The molecule has 1 spiro atoms. The minimum atomic E-state index is -0.139. The Labute approximate surface area is 103 Å². The van der Waals surface area contributed by atoms with Crippen molar-refractivity contribution in [3.63, 3.8) is 0 Å². The molecule has 2 fully saturated rings. The summed E-state index contributed by atoms with van der Waals surface area (Å²) in [6.45, 7) is 0. The van der Waals surface area contributed by atoms with Gasteiger partial charge in [-0.1, -0.05) is 43.2 Å². The topological polar surface area (TPSA) is 32.3 Å². The van der Waals surface area contributed by atoms with Crippen LogP contribution in [0.4, 0.5) is 0 Å². The normalized spacial score (nSPS) is 31.8. The summed E-state index contributed by atoms with van der Waals surface area (Å²) in [6, 6.07) is 10.9. The molecule has 2 aliphatic rings. The van der Waals surface area contributed by atoms with Crippen molar-refractivity contribution >= 4 is 0 Å². The van der Waals surface area contributed by atoms with Crippen molar-refractivity contribution in [1.82, 2.24) is 5.32 Å². The summed E-state index contributed by atoms with van der Waals surface area (Å²) in [7, 11) is 0. The van der Waals surface area contributed by atoms with Gasteiger partial charge < -0.3 is 10.4 Å². The highest BCUT2D eigenvalue weighted by Gasteiger charge is 2.41. The van der Waals surface area contributed by atoms with Crippen molar-refractivity contribution in [2.45, 2.75) is 56.2 Å². The second kappa shape index (κ2) is 4.43. The van der Waals surface area contributed by atoms with Crippen LogP contribution in [0.5, 0.6) is 0 Å². The number of rotatable bonds is 1. The fourth-order valence-corrected chi connectivity index (χ4v) is 3.60. The van der Waals surface area contributed by atoms with Gasteiger partial charge in [-0.2, -0.15) is 0 Å². The van der Waals surface area contributed by atoms with Crippen LogP contribution in [0, 0.1) is 0 Å². The van der Waals surface area contributed by atoms with E-state index in [0.717, 1.165) is 12.8 Å². The van der Waals surface area contributed by atoms with Crippen LogP contribution in [-0.2, 0) is 0 Å². The lowest BCUT2D eigenvalue weighted by molar-refractivity contribution is 0.0547. The monoisotopic (exact) mass is 231 g/mol. The number of aliphatic hydroxyl groups is 1. The number of hydrogen-bond donors (Lipinski definition) is 2. The second-order valence-corrected chi connectivity index (χ2v) is 5.69. The van der Waals surface area contributed by atoms with E-state index in [4.69, 9.17) is 0 Å². The Hall–Kier alpha value is -0.860. The van der Waals surface area contributed by atoms with E-state index in [0.29, 0.717) is 6.04 Å². The van der Waals surface area contributed by atoms with Crippen molar-refractivity contribution in [3.8, 4) is 0 Å². The van der Waals surface area contributed by atoms with E-state index in [1.807, 2.05) is 6.07 Å². The van der Waals surface area contributed by atoms with Crippen molar-refractivity contribution < 1.29 is 5.11 Å². The van der Waals surface area contributed by atoms with E-state index >= 15 is 0 Å². The number of piperidine rings is 1. The molecule has 2 atom stereocenters. The SMILES string of the molecule is O[C@H]1C[C@H](c2ccccc2)NC2(CCCC2)C1. The molecular formula is C15H21NO. The van der Waals surface area contributed by atoms with Gasteiger partial charge in [0.15, 0.2) is 0 Å². The molecule has 0 unspecified atom stereocenters. The number of benzene rings is 1. The first-order valence-electron chi connectivity index (χ1n) is 6.78. The van der Waals surface area contributed by atoms with E-state index in [-0.39, 0.29) is 11.6 Å². The van der Waals surface area contributed by atoms with Crippen LogP contribution in [0.3, 0.4) is 0 Å². The quantitative estimate of drug-likeness (QED) is 0.779. The predicted molar refractivity (Wildman–Crippen MR) is 68.8 cm³/mol. The van der Waals surface area contributed by atoms with Gasteiger partial charge in [-0.15, -0.1) is 0 Å².